The first kappa shape index (κ1) is 25.1. The van der Waals surface area contributed by atoms with Crippen LogP contribution in [-0.2, 0) is 28.7 Å². The number of allylic oxidation sites excluding steroid dienone is 1. The van der Waals surface area contributed by atoms with E-state index in [9.17, 15) is 24.3 Å². The highest BCUT2D eigenvalue weighted by Crippen LogP contribution is 2.68. The van der Waals surface area contributed by atoms with E-state index in [4.69, 9.17) is 9.47 Å². The monoisotopic (exact) mass is 474 g/mol. The molecule has 7 heteroatoms. The molecular formula is C27H38O7. The predicted octanol–water partition coefficient (Wildman–Crippen LogP) is 3.70. The molecule has 0 aromatic carbocycles. The standard InChI is InChI=1S/C27H38O7/c1-5-22(31)33-15-21(30)27(34-23(32)6-2)12-10-19-18-8-7-16-13-17(28)9-11-25(16,3)24(18)20(29)14-26(19,27)4/h13,18-20,24,29H,5-12,14-15H2,1-4H3/t18-,19-,20-,24+,25-,26-,27-/m0/s1. The Morgan fingerprint density at radius 2 is 1.76 bits per heavy atom. The maximum Gasteiger partial charge on any atom is 0.306 e. The van der Waals surface area contributed by atoms with Crippen LogP contribution >= 0.6 is 0 Å². The van der Waals surface area contributed by atoms with E-state index in [1.165, 1.54) is 0 Å². The van der Waals surface area contributed by atoms with Crippen LogP contribution in [-0.4, -0.2) is 46.9 Å². The molecule has 188 valence electrons. The molecule has 4 rings (SSSR count). The fourth-order valence-electron chi connectivity index (χ4n) is 7.99. The van der Waals surface area contributed by atoms with Gasteiger partial charge in [0.15, 0.2) is 18.0 Å². The lowest BCUT2D eigenvalue weighted by Gasteiger charge is -2.60. The van der Waals surface area contributed by atoms with Crippen LogP contribution in [0.3, 0.4) is 0 Å². The van der Waals surface area contributed by atoms with Crippen LogP contribution in [0.2, 0.25) is 0 Å². The smallest absolute Gasteiger partial charge is 0.306 e. The van der Waals surface area contributed by atoms with Crippen molar-refractivity contribution in [2.45, 2.75) is 97.2 Å². The Morgan fingerprint density at radius 1 is 1.06 bits per heavy atom. The van der Waals surface area contributed by atoms with Crippen LogP contribution in [0.4, 0.5) is 0 Å². The molecule has 3 saturated carbocycles. The summed E-state index contributed by atoms with van der Waals surface area (Å²) >= 11 is 0. The lowest BCUT2D eigenvalue weighted by molar-refractivity contribution is -0.202. The fraction of sp³-hybridized carbons (Fsp3) is 0.778. The van der Waals surface area contributed by atoms with Gasteiger partial charge >= 0.3 is 11.9 Å². The van der Waals surface area contributed by atoms with Gasteiger partial charge in [0.2, 0.25) is 5.78 Å². The van der Waals surface area contributed by atoms with Crippen molar-refractivity contribution in [3.8, 4) is 0 Å². The number of rotatable bonds is 6. The molecule has 0 saturated heterocycles. The lowest BCUT2D eigenvalue weighted by atomic mass is 9.45. The molecule has 7 nitrogen and oxygen atoms in total. The van der Waals surface area contributed by atoms with Crippen molar-refractivity contribution in [2.24, 2.45) is 28.6 Å². The summed E-state index contributed by atoms with van der Waals surface area (Å²) < 4.78 is 11.2. The maximum absolute atomic E-state index is 13.6. The van der Waals surface area contributed by atoms with E-state index in [1.54, 1.807) is 19.9 Å². The molecule has 3 fully saturated rings. The molecule has 0 spiro atoms. The van der Waals surface area contributed by atoms with Crippen LogP contribution < -0.4 is 0 Å². The maximum atomic E-state index is 13.6. The number of carbonyl (C=O) groups is 4. The van der Waals surface area contributed by atoms with Crippen molar-refractivity contribution in [1.82, 2.24) is 0 Å². The predicted molar refractivity (Wildman–Crippen MR) is 123 cm³/mol. The summed E-state index contributed by atoms with van der Waals surface area (Å²) in [5, 5.41) is 11.6. The number of esters is 2. The minimum atomic E-state index is -1.41. The van der Waals surface area contributed by atoms with E-state index in [1.807, 2.05) is 6.92 Å². The zero-order chi connectivity index (χ0) is 24.9. The Labute approximate surface area is 201 Å². The first-order valence-corrected chi connectivity index (χ1v) is 12.8. The fourth-order valence-corrected chi connectivity index (χ4v) is 7.99. The second-order valence-electron chi connectivity index (χ2n) is 11.2. The third kappa shape index (κ3) is 3.66. The summed E-state index contributed by atoms with van der Waals surface area (Å²) in [6, 6.07) is 0. The number of carbonyl (C=O) groups excluding carboxylic acids is 4. The highest BCUT2D eigenvalue weighted by atomic mass is 16.6. The largest absolute Gasteiger partial charge is 0.457 e. The van der Waals surface area contributed by atoms with Crippen molar-refractivity contribution in [1.29, 1.82) is 0 Å². The number of ketones is 2. The number of fused-ring (bicyclic) bond motifs is 5. The first-order valence-electron chi connectivity index (χ1n) is 12.8. The van der Waals surface area contributed by atoms with E-state index in [2.05, 4.69) is 6.92 Å². The highest BCUT2D eigenvalue weighted by molar-refractivity contribution is 5.93. The zero-order valence-corrected chi connectivity index (χ0v) is 20.9. The van der Waals surface area contributed by atoms with Gasteiger partial charge in [0, 0.05) is 24.7 Å². The summed E-state index contributed by atoms with van der Waals surface area (Å²) in [5.74, 6) is -0.897. The molecule has 0 radical (unpaired) electrons. The van der Waals surface area contributed by atoms with Crippen LogP contribution in [0.25, 0.3) is 0 Å². The van der Waals surface area contributed by atoms with Crippen molar-refractivity contribution in [3.63, 3.8) is 0 Å². The Balaban J connectivity index is 1.70. The summed E-state index contributed by atoms with van der Waals surface area (Å²) in [5.41, 5.74) is -1.25. The molecule has 0 aromatic rings. The molecule has 34 heavy (non-hydrogen) atoms. The van der Waals surface area contributed by atoms with Gasteiger partial charge < -0.3 is 14.6 Å². The zero-order valence-electron chi connectivity index (χ0n) is 20.9. The summed E-state index contributed by atoms with van der Waals surface area (Å²) in [7, 11) is 0. The quantitative estimate of drug-likeness (QED) is 0.585. The minimum Gasteiger partial charge on any atom is -0.457 e. The molecule has 0 aliphatic heterocycles. The van der Waals surface area contributed by atoms with Crippen molar-refractivity contribution in [3.05, 3.63) is 11.6 Å². The summed E-state index contributed by atoms with van der Waals surface area (Å²) in [4.78, 5) is 50.0. The summed E-state index contributed by atoms with van der Waals surface area (Å²) in [6.07, 6.45) is 5.72. The van der Waals surface area contributed by atoms with Crippen LogP contribution in [0.5, 0.6) is 0 Å². The number of aliphatic hydroxyl groups is 1. The molecule has 0 amide bonds. The van der Waals surface area contributed by atoms with Crippen molar-refractivity contribution >= 4 is 23.5 Å². The average Bonchev–Trinajstić information content (AvgIpc) is 3.09. The lowest BCUT2D eigenvalue weighted by Crippen LogP contribution is -2.63. The average molecular weight is 475 g/mol. The van der Waals surface area contributed by atoms with Gasteiger partial charge in [-0.25, -0.2) is 0 Å². The molecule has 0 bridgehead atoms. The van der Waals surface area contributed by atoms with Gasteiger partial charge in [-0.05, 0) is 67.8 Å². The molecular weight excluding hydrogens is 436 g/mol. The third-order valence-electron chi connectivity index (χ3n) is 9.70. The van der Waals surface area contributed by atoms with Crippen LogP contribution in [0, 0.1) is 28.6 Å². The molecule has 4 aliphatic rings. The SMILES string of the molecule is CCC(=O)OCC(=O)[C@@]1(OC(=O)CC)CC[C@H]2[C@@H]3CCC4=CC(=O)CC[C@]4(C)[C@H]3[C@@H](O)C[C@@]21C. The molecule has 4 aliphatic carbocycles. The van der Waals surface area contributed by atoms with Gasteiger partial charge in [-0.2, -0.15) is 0 Å². The molecule has 1 N–H and O–H groups in total. The van der Waals surface area contributed by atoms with Gasteiger partial charge in [0.25, 0.3) is 0 Å². The van der Waals surface area contributed by atoms with Gasteiger partial charge in [-0.3, -0.25) is 19.2 Å². The number of hydrogen-bond donors (Lipinski definition) is 1. The van der Waals surface area contributed by atoms with Crippen LogP contribution in [0.1, 0.15) is 85.5 Å². The second-order valence-corrected chi connectivity index (χ2v) is 11.2. The minimum absolute atomic E-state index is 0.00405. The Bertz CT molecular complexity index is 922. The number of aliphatic hydroxyl groups excluding tert-OH is 1. The van der Waals surface area contributed by atoms with Gasteiger partial charge in [-0.1, -0.05) is 33.3 Å². The first-order chi connectivity index (χ1) is 16.0. The van der Waals surface area contributed by atoms with E-state index >= 15 is 0 Å². The summed E-state index contributed by atoms with van der Waals surface area (Å²) in [6.45, 7) is 7.09. The normalized spacial score (nSPS) is 41.0. The molecule has 0 heterocycles. The number of ether oxygens (including phenoxy) is 2. The van der Waals surface area contributed by atoms with Gasteiger partial charge in [-0.15, -0.1) is 0 Å². The van der Waals surface area contributed by atoms with Crippen molar-refractivity contribution in [2.75, 3.05) is 6.61 Å². The number of Topliss-reactive ketones (excluding diaryl/α,β-unsaturated/α-hetero) is 1. The van der Waals surface area contributed by atoms with Gasteiger partial charge in [0.05, 0.1) is 6.10 Å². The number of hydrogen-bond acceptors (Lipinski definition) is 7. The molecule has 0 aromatic heterocycles. The van der Waals surface area contributed by atoms with E-state index in [0.29, 0.717) is 25.7 Å². The van der Waals surface area contributed by atoms with Gasteiger partial charge in [0.1, 0.15) is 0 Å². The third-order valence-corrected chi connectivity index (χ3v) is 9.70. The van der Waals surface area contributed by atoms with Crippen LogP contribution in [0.15, 0.2) is 11.6 Å². The Hall–Kier alpha value is -2.02. The molecule has 7 atom stereocenters. The topological polar surface area (TPSA) is 107 Å². The second kappa shape index (κ2) is 8.89. The Morgan fingerprint density at radius 3 is 2.44 bits per heavy atom. The highest BCUT2D eigenvalue weighted by Gasteiger charge is 2.70. The van der Waals surface area contributed by atoms with E-state index in [-0.39, 0.29) is 41.8 Å². The van der Waals surface area contributed by atoms with E-state index in [0.717, 1.165) is 24.8 Å². The molecule has 0 unspecified atom stereocenters. The Kier molecular flexibility index (Phi) is 6.56. The van der Waals surface area contributed by atoms with Crippen molar-refractivity contribution < 1.29 is 33.8 Å². The van der Waals surface area contributed by atoms with E-state index < -0.39 is 41.4 Å².